The SMILES string of the molecule is CNCc1cc(C)nc(Oc2cccc(Cl)c2Cl)c1. The van der Waals surface area contributed by atoms with Crippen LogP contribution < -0.4 is 10.1 Å². The minimum Gasteiger partial charge on any atom is -0.437 e. The molecule has 1 aromatic carbocycles. The minimum absolute atomic E-state index is 0.391. The molecule has 2 rings (SSSR count). The van der Waals surface area contributed by atoms with Crippen molar-refractivity contribution in [3.63, 3.8) is 0 Å². The van der Waals surface area contributed by atoms with E-state index in [2.05, 4.69) is 10.3 Å². The summed E-state index contributed by atoms with van der Waals surface area (Å²) in [5.74, 6) is 1.01. The number of hydrogen-bond donors (Lipinski definition) is 1. The maximum absolute atomic E-state index is 6.09. The van der Waals surface area contributed by atoms with E-state index in [4.69, 9.17) is 27.9 Å². The highest BCUT2D eigenvalue weighted by molar-refractivity contribution is 6.42. The number of rotatable bonds is 4. The lowest BCUT2D eigenvalue weighted by molar-refractivity contribution is 0.461. The van der Waals surface area contributed by atoms with Gasteiger partial charge in [0.2, 0.25) is 5.88 Å². The van der Waals surface area contributed by atoms with Crippen molar-refractivity contribution in [3.8, 4) is 11.6 Å². The van der Waals surface area contributed by atoms with Crippen LogP contribution in [0.1, 0.15) is 11.3 Å². The highest BCUT2D eigenvalue weighted by Gasteiger charge is 2.08. The summed E-state index contributed by atoms with van der Waals surface area (Å²) in [6.07, 6.45) is 0. The van der Waals surface area contributed by atoms with E-state index in [-0.39, 0.29) is 0 Å². The molecule has 0 saturated heterocycles. The number of pyridine rings is 1. The van der Waals surface area contributed by atoms with Gasteiger partial charge in [0.25, 0.3) is 0 Å². The first-order valence-corrected chi connectivity index (χ1v) is 6.60. The second-order valence-corrected chi connectivity index (χ2v) is 4.92. The molecule has 5 heteroatoms. The van der Waals surface area contributed by atoms with Crippen LogP contribution in [0.4, 0.5) is 0 Å². The lowest BCUT2D eigenvalue weighted by Crippen LogP contribution is -2.06. The maximum Gasteiger partial charge on any atom is 0.219 e. The highest BCUT2D eigenvalue weighted by atomic mass is 35.5. The fourth-order valence-corrected chi connectivity index (χ4v) is 2.07. The molecule has 0 fully saturated rings. The van der Waals surface area contributed by atoms with Gasteiger partial charge < -0.3 is 10.1 Å². The summed E-state index contributed by atoms with van der Waals surface area (Å²) in [5.41, 5.74) is 1.99. The Morgan fingerprint density at radius 2 is 2.05 bits per heavy atom. The Balaban J connectivity index is 2.30. The molecule has 0 aliphatic heterocycles. The maximum atomic E-state index is 6.09. The molecule has 1 aromatic heterocycles. The Hall–Kier alpha value is -1.29. The van der Waals surface area contributed by atoms with Crippen LogP contribution in [0.5, 0.6) is 11.6 Å². The largest absolute Gasteiger partial charge is 0.437 e. The lowest BCUT2D eigenvalue weighted by atomic mass is 10.2. The van der Waals surface area contributed by atoms with E-state index in [1.54, 1.807) is 18.2 Å². The monoisotopic (exact) mass is 296 g/mol. The summed E-state index contributed by atoms with van der Waals surface area (Å²) in [6.45, 7) is 2.68. The van der Waals surface area contributed by atoms with Gasteiger partial charge in [-0.3, -0.25) is 0 Å². The quantitative estimate of drug-likeness (QED) is 0.918. The number of hydrogen-bond acceptors (Lipinski definition) is 3. The summed E-state index contributed by atoms with van der Waals surface area (Å²) in [6, 6.07) is 9.14. The average molecular weight is 297 g/mol. The van der Waals surface area contributed by atoms with Crippen LogP contribution in [0, 0.1) is 6.92 Å². The van der Waals surface area contributed by atoms with Gasteiger partial charge in [-0.05, 0) is 37.7 Å². The number of benzene rings is 1. The van der Waals surface area contributed by atoms with Crippen molar-refractivity contribution >= 4 is 23.2 Å². The Bertz CT molecular complexity index is 588. The van der Waals surface area contributed by atoms with Crippen LogP contribution in [0.25, 0.3) is 0 Å². The molecule has 0 saturated carbocycles. The fourth-order valence-electron chi connectivity index (χ4n) is 1.74. The van der Waals surface area contributed by atoms with Crippen molar-refractivity contribution < 1.29 is 4.74 Å². The Morgan fingerprint density at radius 1 is 1.26 bits per heavy atom. The molecule has 0 aliphatic rings. The first kappa shape index (κ1) is 14.1. The zero-order chi connectivity index (χ0) is 13.8. The van der Waals surface area contributed by atoms with Gasteiger partial charge in [0.05, 0.1) is 5.02 Å². The molecular weight excluding hydrogens is 283 g/mol. The van der Waals surface area contributed by atoms with E-state index in [9.17, 15) is 0 Å². The van der Waals surface area contributed by atoms with Gasteiger partial charge in [-0.15, -0.1) is 0 Å². The van der Waals surface area contributed by atoms with Crippen molar-refractivity contribution in [2.24, 2.45) is 0 Å². The molecule has 0 radical (unpaired) electrons. The number of nitrogens with one attached hydrogen (secondary N) is 1. The molecule has 1 heterocycles. The molecule has 3 nitrogen and oxygen atoms in total. The molecule has 19 heavy (non-hydrogen) atoms. The van der Waals surface area contributed by atoms with E-state index in [0.29, 0.717) is 21.7 Å². The van der Waals surface area contributed by atoms with E-state index in [0.717, 1.165) is 17.8 Å². The molecule has 0 aliphatic carbocycles. The Labute approximate surface area is 122 Å². The summed E-state index contributed by atoms with van der Waals surface area (Å²) >= 11 is 12.0. The number of aryl methyl sites for hydroxylation is 1. The van der Waals surface area contributed by atoms with E-state index < -0.39 is 0 Å². The number of halogens is 2. The van der Waals surface area contributed by atoms with Gasteiger partial charge in [0.15, 0.2) is 0 Å². The van der Waals surface area contributed by atoms with Crippen LogP contribution in [-0.4, -0.2) is 12.0 Å². The molecule has 0 bridgehead atoms. The minimum atomic E-state index is 0.391. The summed E-state index contributed by atoms with van der Waals surface area (Å²) in [7, 11) is 1.89. The normalized spacial score (nSPS) is 10.5. The van der Waals surface area contributed by atoms with Crippen molar-refractivity contribution in [2.75, 3.05) is 7.05 Å². The third-order valence-electron chi connectivity index (χ3n) is 2.50. The predicted molar refractivity (Wildman–Crippen MR) is 78.3 cm³/mol. The lowest BCUT2D eigenvalue weighted by Gasteiger charge is -2.10. The summed E-state index contributed by atoms with van der Waals surface area (Å²) in [4.78, 5) is 4.33. The van der Waals surface area contributed by atoms with Gasteiger partial charge in [-0.25, -0.2) is 4.98 Å². The third kappa shape index (κ3) is 3.60. The molecule has 1 N–H and O–H groups in total. The first-order valence-electron chi connectivity index (χ1n) is 5.84. The zero-order valence-corrected chi connectivity index (χ0v) is 12.2. The van der Waals surface area contributed by atoms with Crippen LogP contribution >= 0.6 is 23.2 Å². The van der Waals surface area contributed by atoms with Gasteiger partial charge in [-0.2, -0.15) is 0 Å². The van der Waals surface area contributed by atoms with Crippen molar-refractivity contribution in [3.05, 3.63) is 51.6 Å². The molecule has 0 amide bonds. The fraction of sp³-hybridized carbons (Fsp3) is 0.214. The van der Waals surface area contributed by atoms with Crippen molar-refractivity contribution in [1.29, 1.82) is 0 Å². The van der Waals surface area contributed by atoms with E-state index >= 15 is 0 Å². The molecular formula is C14H14Cl2N2O. The van der Waals surface area contributed by atoms with Crippen molar-refractivity contribution in [1.82, 2.24) is 10.3 Å². The topological polar surface area (TPSA) is 34.2 Å². The average Bonchev–Trinajstić information content (AvgIpc) is 2.35. The zero-order valence-electron chi connectivity index (χ0n) is 10.7. The van der Waals surface area contributed by atoms with Crippen LogP contribution in [0.2, 0.25) is 10.0 Å². The van der Waals surface area contributed by atoms with Gasteiger partial charge in [-0.1, -0.05) is 29.3 Å². The van der Waals surface area contributed by atoms with Crippen LogP contribution in [0.15, 0.2) is 30.3 Å². The molecule has 0 atom stereocenters. The second kappa shape index (κ2) is 6.24. The summed E-state index contributed by atoms with van der Waals surface area (Å²) < 4.78 is 5.70. The molecule has 2 aromatic rings. The Morgan fingerprint density at radius 3 is 2.79 bits per heavy atom. The van der Waals surface area contributed by atoms with Gasteiger partial charge in [0, 0.05) is 18.3 Å². The highest BCUT2D eigenvalue weighted by Crippen LogP contribution is 2.34. The third-order valence-corrected chi connectivity index (χ3v) is 3.30. The summed E-state index contributed by atoms with van der Waals surface area (Å²) in [5, 5.41) is 3.94. The number of nitrogens with zero attached hydrogens (tertiary/aromatic N) is 1. The van der Waals surface area contributed by atoms with E-state index in [1.807, 2.05) is 26.1 Å². The van der Waals surface area contributed by atoms with Gasteiger partial charge >= 0.3 is 0 Å². The number of ether oxygens (including phenoxy) is 1. The second-order valence-electron chi connectivity index (χ2n) is 4.14. The molecule has 0 spiro atoms. The van der Waals surface area contributed by atoms with Gasteiger partial charge in [0.1, 0.15) is 10.8 Å². The first-order chi connectivity index (χ1) is 9.10. The Kier molecular flexibility index (Phi) is 4.64. The number of aromatic nitrogens is 1. The van der Waals surface area contributed by atoms with Crippen LogP contribution in [0.3, 0.4) is 0 Å². The predicted octanol–water partition coefficient (Wildman–Crippen LogP) is 4.21. The van der Waals surface area contributed by atoms with Crippen molar-refractivity contribution in [2.45, 2.75) is 13.5 Å². The van der Waals surface area contributed by atoms with Crippen LogP contribution in [-0.2, 0) is 6.54 Å². The molecule has 100 valence electrons. The standard InChI is InChI=1S/C14H14Cl2N2O/c1-9-6-10(8-17-2)7-13(18-9)19-12-5-3-4-11(15)14(12)16/h3-7,17H,8H2,1-2H3. The van der Waals surface area contributed by atoms with E-state index in [1.165, 1.54) is 0 Å². The molecule has 0 unspecified atom stereocenters. The smallest absolute Gasteiger partial charge is 0.219 e.